The Hall–Kier alpha value is -0.970. The predicted molar refractivity (Wildman–Crippen MR) is 87.5 cm³/mol. The first-order chi connectivity index (χ1) is 10.5. The average molecular weight is 304 g/mol. The van der Waals surface area contributed by atoms with Crippen LogP contribution < -0.4 is 5.90 Å². The van der Waals surface area contributed by atoms with Gasteiger partial charge in [-0.15, -0.1) is 0 Å². The molecule has 3 fully saturated rings. The second-order valence-corrected chi connectivity index (χ2v) is 7.42. The number of hydrogen-bond donors (Lipinski definition) is 3. The summed E-state index contributed by atoms with van der Waals surface area (Å²) in [5.41, 5.74) is 3.34. The van der Waals surface area contributed by atoms with Gasteiger partial charge in [-0.05, 0) is 56.4 Å². The molecule has 4 nitrogen and oxygen atoms in total. The second kappa shape index (κ2) is 6.26. The third-order valence-electron chi connectivity index (χ3n) is 6.11. The van der Waals surface area contributed by atoms with E-state index in [1.807, 2.05) is 0 Å². The van der Waals surface area contributed by atoms with Crippen molar-refractivity contribution in [3.05, 3.63) is 23.3 Å². The molecular formula is C18H28N2O2. The normalized spacial score (nSPS) is 42.9. The number of hydrogen-bond acceptors (Lipinski definition) is 4. The molecule has 0 aliphatic heterocycles. The highest BCUT2D eigenvalue weighted by Gasteiger charge is 2.49. The summed E-state index contributed by atoms with van der Waals surface area (Å²) < 4.78 is 0. The lowest BCUT2D eigenvalue weighted by molar-refractivity contribution is -0.0357. The Bertz CT molecular complexity index is 511. The van der Waals surface area contributed by atoms with Crippen molar-refractivity contribution in [1.29, 1.82) is 5.41 Å². The first-order valence-electron chi connectivity index (χ1n) is 8.55. The van der Waals surface area contributed by atoms with Gasteiger partial charge in [-0.25, -0.2) is 5.90 Å². The maximum Gasteiger partial charge on any atom is 0.0846 e. The van der Waals surface area contributed by atoms with Crippen molar-refractivity contribution in [2.45, 2.75) is 70.5 Å². The van der Waals surface area contributed by atoms with Gasteiger partial charge in [-0.2, -0.15) is 0 Å². The van der Waals surface area contributed by atoms with Crippen LogP contribution in [-0.4, -0.2) is 23.0 Å². The van der Waals surface area contributed by atoms with Gasteiger partial charge in [0.1, 0.15) is 0 Å². The van der Waals surface area contributed by atoms with Gasteiger partial charge >= 0.3 is 0 Å². The maximum absolute atomic E-state index is 9.80. The molecule has 0 amide bonds. The summed E-state index contributed by atoms with van der Waals surface area (Å²) in [5.74, 6) is 6.06. The van der Waals surface area contributed by atoms with Crippen molar-refractivity contribution in [3.63, 3.8) is 0 Å². The van der Waals surface area contributed by atoms with Crippen LogP contribution in [0.5, 0.6) is 0 Å². The van der Waals surface area contributed by atoms with E-state index in [2.05, 4.69) is 19.1 Å². The molecule has 0 bridgehead atoms. The zero-order valence-electron chi connectivity index (χ0n) is 13.5. The molecule has 3 rings (SSSR count). The molecule has 4 heteroatoms. The molecule has 2 unspecified atom stereocenters. The fraction of sp³-hybridized carbons (Fsp3) is 0.722. The lowest BCUT2D eigenvalue weighted by Crippen LogP contribution is -2.38. The maximum atomic E-state index is 9.80. The highest BCUT2D eigenvalue weighted by atomic mass is 16.6. The van der Waals surface area contributed by atoms with E-state index in [4.69, 9.17) is 16.1 Å². The largest absolute Gasteiger partial charge is 0.393 e. The quantitative estimate of drug-likeness (QED) is 0.685. The zero-order chi connectivity index (χ0) is 15.7. The number of rotatable bonds is 2. The van der Waals surface area contributed by atoms with Crippen LogP contribution in [0.25, 0.3) is 0 Å². The highest BCUT2D eigenvalue weighted by molar-refractivity contribution is 5.98. The van der Waals surface area contributed by atoms with Gasteiger partial charge in [-0.3, -0.25) is 0 Å². The van der Waals surface area contributed by atoms with E-state index < -0.39 is 0 Å². The van der Waals surface area contributed by atoms with Crippen molar-refractivity contribution in [1.82, 2.24) is 0 Å². The molecule has 0 aromatic rings. The highest BCUT2D eigenvalue weighted by Crippen LogP contribution is 2.55. The Morgan fingerprint density at radius 2 is 2.09 bits per heavy atom. The van der Waals surface area contributed by atoms with Crippen LogP contribution in [0.2, 0.25) is 0 Å². The minimum absolute atomic E-state index is 0.164. The van der Waals surface area contributed by atoms with E-state index >= 15 is 0 Å². The lowest BCUT2D eigenvalue weighted by atomic mass is 9.66. The van der Waals surface area contributed by atoms with Gasteiger partial charge in [0.2, 0.25) is 0 Å². The summed E-state index contributed by atoms with van der Waals surface area (Å²) in [5, 5.41) is 17.9. The first-order valence-corrected chi connectivity index (χ1v) is 8.55. The number of nitrogens with one attached hydrogen (secondary N) is 1. The molecule has 4 atom stereocenters. The molecule has 122 valence electrons. The Balaban J connectivity index is 1.81. The summed E-state index contributed by atoms with van der Waals surface area (Å²) in [6.07, 6.45) is 11.9. The number of aliphatic hydroxyl groups excluding tert-OH is 1. The third kappa shape index (κ3) is 2.80. The Morgan fingerprint density at radius 1 is 1.27 bits per heavy atom. The van der Waals surface area contributed by atoms with Crippen LogP contribution in [-0.2, 0) is 4.84 Å². The van der Waals surface area contributed by atoms with Crippen LogP contribution in [0.1, 0.15) is 58.3 Å². The summed E-state index contributed by atoms with van der Waals surface area (Å²) in [6, 6.07) is 0. The van der Waals surface area contributed by atoms with Crippen molar-refractivity contribution in [2.24, 2.45) is 17.2 Å². The molecule has 4 N–H and O–H groups in total. The molecule has 22 heavy (non-hydrogen) atoms. The van der Waals surface area contributed by atoms with E-state index in [0.29, 0.717) is 24.5 Å². The fourth-order valence-electron chi connectivity index (χ4n) is 4.74. The van der Waals surface area contributed by atoms with Gasteiger partial charge in [0, 0.05) is 17.5 Å². The second-order valence-electron chi connectivity index (χ2n) is 7.42. The topological polar surface area (TPSA) is 79.3 Å². The van der Waals surface area contributed by atoms with Crippen molar-refractivity contribution >= 4 is 5.71 Å². The first kappa shape index (κ1) is 15.9. The molecular weight excluding hydrogens is 276 g/mol. The number of fused-ring (bicyclic) bond motifs is 1. The molecule has 3 saturated carbocycles. The van der Waals surface area contributed by atoms with Crippen molar-refractivity contribution < 1.29 is 9.94 Å². The Kier molecular flexibility index (Phi) is 4.53. The third-order valence-corrected chi connectivity index (χ3v) is 6.11. The van der Waals surface area contributed by atoms with E-state index in [9.17, 15) is 5.11 Å². The summed E-state index contributed by atoms with van der Waals surface area (Å²) >= 11 is 0. The molecule has 0 aromatic heterocycles. The summed E-state index contributed by atoms with van der Waals surface area (Å²) in [6.45, 7) is 2.31. The zero-order valence-corrected chi connectivity index (χ0v) is 13.5. The Labute approximate surface area is 132 Å². The molecule has 0 radical (unpaired) electrons. The average Bonchev–Trinajstić information content (AvgIpc) is 2.85. The van der Waals surface area contributed by atoms with Gasteiger partial charge in [0.05, 0.1) is 12.2 Å². The van der Waals surface area contributed by atoms with E-state index in [1.54, 1.807) is 0 Å². The van der Waals surface area contributed by atoms with Crippen LogP contribution in [0, 0.1) is 16.7 Å². The predicted octanol–water partition coefficient (Wildman–Crippen LogP) is 3.26. The van der Waals surface area contributed by atoms with Crippen LogP contribution in [0.4, 0.5) is 0 Å². The molecule has 3 aliphatic rings. The smallest absolute Gasteiger partial charge is 0.0846 e. The van der Waals surface area contributed by atoms with E-state index in [0.717, 1.165) is 31.3 Å². The minimum atomic E-state index is -0.281. The monoisotopic (exact) mass is 304 g/mol. The van der Waals surface area contributed by atoms with E-state index in [-0.39, 0.29) is 17.6 Å². The van der Waals surface area contributed by atoms with E-state index in [1.165, 1.54) is 18.4 Å². The summed E-state index contributed by atoms with van der Waals surface area (Å²) in [7, 11) is 0. The van der Waals surface area contributed by atoms with Crippen LogP contribution in [0.3, 0.4) is 0 Å². The van der Waals surface area contributed by atoms with Gasteiger partial charge < -0.3 is 15.4 Å². The molecule has 0 saturated heterocycles. The Morgan fingerprint density at radius 3 is 2.86 bits per heavy atom. The number of nitrogens with two attached hydrogens (primary N) is 1. The SMILES string of the molecule is C[C@]12CCC/C(=C\C=C3\C[C@H](O)CCC3=N)C1CCC2ON. The molecule has 0 heterocycles. The fourth-order valence-corrected chi connectivity index (χ4v) is 4.74. The minimum Gasteiger partial charge on any atom is -0.393 e. The molecule has 3 aliphatic carbocycles. The standard InChI is InChI=1S/C18H28N2O2/c1-18-10-2-3-12(15(18)7-9-17(18)22-20)4-5-13-11-14(21)6-8-16(13)19/h4-5,14-15,17,19,21H,2-3,6-11,20H2,1H3/b12-4+,13-5-,19-16?/t14-,15?,17?,18+/m1/s1. The summed E-state index contributed by atoms with van der Waals surface area (Å²) in [4.78, 5) is 5.25. The number of aliphatic hydroxyl groups is 1. The lowest BCUT2D eigenvalue weighted by Gasteiger charge is -2.41. The molecule has 0 spiro atoms. The van der Waals surface area contributed by atoms with Crippen molar-refractivity contribution in [2.75, 3.05) is 0 Å². The van der Waals surface area contributed by atoms with Gasteiger partial charge in [0.15, 0.2) is 0 Å². The van der Waals surface area contributed by atoms with Crippen molar-refractivity contribution in [3.8, 4) is 0 Å². The van der Waals surface area contributed by atoms with Crippen LogP contribution in [0.15, 0.2) is 23.3 Å². The number of allylic oxidation sites excluding steroid dienone is 3. The van der Waals surface area contributed by atoms with Crippen LogP contribution >= 0.6 is 0 Å². The molecule has 0 aromatic carbocycles. The van der Waals surface area contributed by atoms with Gasteiger partial charge in [-0.1, -0.05) is 24.6 Å². The van der Waals surface area contributed by atoms with Gasteiger partial charge in [0.25, 0.3) is 0 Å².